The molecule has 0 saturated carbocycles. The number of rotatable bonds is 3. The lowest BCUT2D eigenvalue weighted by Gasteiger charge is -2.08. The maximum Gasteiger partial charge on any atom is 0.257 e. The minimum Gasteiger partial charge on any atom is -0.508 e. The van der Waals surface area contributed by atoms with Crippen LogP contribution in [0.4, 0.5) is 5.82 Å². The highest BCUT2D eigenvalue weighted by atomic mass is 16.3. The van der Waals surface area contributed by atoms with E-state index in [0.717, 1.165) is 5.56 Å². The van der Waals surface area contributed by atoms with Gasteiger partial charge in [0, 0.05) is 29.7 Å². The van der Waals surface area contributed by atoms with Crippen molar-refractivity contribution in [2.24, 2.45) is 0 Å². The molecule has 0 aliphatic rings. The van der Waals surface area contributed by atoms with Gasteiger partial charge in [0.05, 0.1) is 11.6 Å². The molecule has 0 bridgehead atoms. The molecule has 130 valence electrons. The highest BCUT2D eigenvalue weighted by Crippen LogP contribution is 2.29. The minimum atomic E-state index is -0.455. The Morgan fingerprint density at radius 3 is 2.74 bits per heavy atom. The zero-order valence-electron chi connectivity index (χ0n) is 14.0. The second kappa shape index (κ2) is 6.61. The lowest BCUT2D eigenvalue weighted by Crippen LogP contribution is -2.14. The number of hydrogen-bond acceptors (Lipinski definition) is 5. The Morgan fingerprint density at radius 2 is 1.96 bits per heavy atom. The van der Waals surface area contributed by atoms with Gasteiger partial charge in [0.25, 0.3) is 5.91 Å². The van der Waals surface area contributed by atoms with Gasteiger partial charge < -0.3 is 10.4 Å². The predicted octanol–water partition coefficient (Wildman–Crippen LogP) is 3.23. The molecular formula is C20H13N5O2. The number of nitrogens with one attached hydrogen (secondary N) is 1. The third-order valence-corrected chi connectivity index (χ3v) is 4.02. The average Bonchev–Trinajstić information content (AvgIpc) is 3.06. The SMILES string of the molecule is N#Cc1cc(O)cc(C(=O)Nc2c(-c3ccncc3)nc3ccccn23)c1. The largest absolute Gasteiger partial charge is 0.508 e. The van der Waals surface area contributed by atoms with Crippen molar-refractivity contribution in [2.75, 3.05) is 5.32 Å². The van der Waals surface area contributed by atoms with Crippen molar-refractivity contribution in [2.45, 2.75) is 0 Å². The van der Waals surface area contributed by atoms with E-state index >= 15 is 0 Å². The van der Waals surface area contributed by atoms with Crippen LogP contribution in [-0.2, 0) is 0 Å². The Labute approximate surface area is 154 Å². The van der Waals surface area contributed by atoms with Gasteiger partial charge in [0.15, 0.2) is 0 Å². The Hall–Kier alpha value is -4.18. The molecule has 7 nitrogen and oxygen atoms in total. The van der Waals surface area contributed by atoms with Gasteiger partial charge >= 0.3 is 0 Å². The van der Waals surface area contributed by atoms with Crippen LogP contribution in [0, 0.1) is 11.3 Å². The molecule has 0 aliphatic carbocycles. The first-order valence-electron chi connectivity index (χ1n) is 8.09. The quantitative estimate of drug-likeness (QED) is 0.587. The van der Waals surface area contributed by atoms with Crippen molar-refractivity contribution < 1.29 is 9.90 Å². The first-order valence-corrected chi connectivity index (χ1v) is 8.09. The Balaban J connectivity index is 1.81. The number of nitriles is 1. The van der Waals surface area contributed by atoms with Crippen molar-refractivity contribution in [1.29, 1.82) is 5.26 Å². The third-order valence-electron chi connectivity index (χ3n) is 4.02. The lowest BCUT2D eigenvalue weighted by molar-refractivity contribution is 0.102. The maximum absolute atomic E-state index is 12.8. The zero-order chi connectivity index (χ0) is 18.8. The molecule has 2 N–H and O–H groups in total. The van der Waals surface area contributed by atoms with Crippen molar-refractivity contribution in [1.82, 2.24) is 14.4 Å². The molecule has 3 aromatic heterocycles. The van der Waals surface area contributed by atoms with E-state index in [1.54, 1.807) is 35.1 Å². The van der Waals surface area contributed by atoms with Crippen LogP contribution < -0.4 is 5.32 Å². The fraction of sp³-hybridized carbons (Fsp3) is 0. The summed E-state index contributed by atoms with van der Waals surface area (Å²) in [6, 6.07) is 15.1. The van der Waals surface area contributed by atoms with E-state index in [-0.39, 0.29) is 16.9 Å². The van der Waals surface area contributed by atoms with Crippen LogP contribution in [0.3, 0.4) is 0 Å². The van der Waals surface area contributed by atoms with Gasteiger partial charge in [-0.2, -0.15) is 5.26 Å². The van der Waals surface area contributed by atoms with Gasteiger partial charge in [-0.15, -0.1) is 0 Å². The summed E-state index contributed by atoms with van der Waals surface area (Å²) in [5, 5.41) is 21.6. The van der Waals surface area contributed by atoms with Gasteiger partial charge in [-0.05, 0) is 42.5 Å². The molecule has 0 spiro atoms. The highest BCUT2D eigenvalue weighted by Gasteiger charge is 2.18. The minimum absolute atomic E-state index is 0.147. The number of hydrogen-bond donors (Lipinski definition) is 2. The van der Waals surface area contributed by atoms with Crippen LogP contribution in [0.1, 0.15) is 15.9 Å². The molecule has 3 heterocycles. The predicted molar refractivity (Wildman–Crippen MR) is 99.2 cm³/mol. The number of anilines is 1. The monoisotopic (exact) mass is 355 g/mol. The standard InChI is InChI=1S/C20H13N5O2/c21-12-13-9-15(11-16(26)10-13)20(27)24-19-18(14-4-6-22-7-5-14)23-17-3-1-2-8-25(17)19/h1-11,26H,(H,24,27). The summed E-state index contributed by atoms with van der Waals surface area (Å²) in [4.78, 5) is 21.4. The van der Waals surface area contributed by atoms with Crippen molar-refractivity contribution in [3.63, 3.8) is 0 Å². The van der Waals surface area contributed by atoms with E-state index in [2.05, 4.69) is 15.3 Å². The van der Waals surface area contributed by atoms with Crippen LogP contribution >= 0.6 is 0 Å². The molecule has 27 heavy (non-hydrogen) atoms. The fourth-order valence-electron chi connectivity index (χ4n) is 2.81. The number of pyridine rings is 2. The molecule has 4 rings (SSSR count). The van der Waals surface area contributed by atoms with Crippen LogP contribution in [0.25, 0.3) is 16.9 Å². The number of imidazole rings is 1. The van der Waals surface area contributed by atoms with Crippen LogP contribution in [-0.4, -0.2) is 25.4 Å². The van der Waals surface area contributed by atoms with E-state index in [1.807, 2.05) is 24.3 Å². The number of phenolic OH excluding ortho intramolecular Hbond substituents is 1. The van der Waals surface area contributed by atoms with Gasteiger partial charge in [0.1, 0.15) is 22.9 Å². The van der Waals surface area contributed by atoms with E-state index < -0.39 is 5.91 Å². The topological polar surface area (TPSA) is 103 Å². The van der Waals surface area contributed by atoms with E-state index in [4.69, 9.17) is 5.26 Å². The summed E-state index contributed by atoms with van der Waals surface area (Å²) in [6.07, 6.45) is 5.10. The smallest absolute Gasteiger partial charge is 0.257 e. The number of phenols is 1. The maximum atomic E-state index is 12.8. The summed E-state index contributed by atoms with van der Waals surface area (Å²) in [5.74, 6) is -0.112. The normalized spacial score (nSPS) is 10.5. The average molecular weight is 355 g/mol. The number of aromatic nitrogens is 3. The van der Waals surface area contributed by atoms with Gasteiger partial charge in [0.2, 0.25) is 0 Å². The highest BCUT2D eigenvalue weighted by molar-refractivity contribution is 6.06. The molecule has 1 amide bonds. The van der Waals surface area contributed by atoms with E-state index in [9.17, 15) is 9.90 Å². The third kappa shape index (κ3) is 3.07. The van der Waals surface area contributed by atoms with Crippen LogP contribution in [0.15, 0.2) is 67.1 Å². The summed E-state index contributed by atoms with van der Waals surface area (Å²) >= 11 is 0. The lowest BCUT2D eigenvalue weighted by atomic mass is 10.1. The van der Waals surface area contributed by atoms with E-state index in [1.165, 1.54) is 18.2 Å². The van der Waals surface area contributed by atoms with Gasteiger partial charge in [-0.1, -0.05) is 6.07 Å². The number of amides is 1. The van der Waals surface area contributed by atoms with Crippen LogP contribution in [0.2, 0.25) is 0 Å². The Bertz CT molecular complexity index is 1190. The number of benzene rings is 1. The van der Waals surface area contributed by atoms with Crippen molar-refractivity contribution in [3.05, 3.63) is 78.2 Å². The second-order valence-electron chi connectivity index (χ2n) is 5.81. The molecule has 0 fully saturated rings. The summed E-state index contributed by atoms with van der Waals surface area (Å²) < 4.78 is 1.77. The molecule has 4 aromatic rings. The number of aromatic hydroxyl groups is 1. The molecule has 7 heteroatoms. The van der Waals surface area contributed by atoms with Gasteiger partial charge in [-0.3, -0.25) is 14.2 Å². The first-order chi connectivity index (χ1) is 13.2. The molecule has 0 aliphatic heterocycles. The number of carbonyl (C=O) groups is 1. The first kappa shape index (κ1) is 16.3. The Morgan fingerprint density at radius 1 is 1.15 bits per heavy atom. The van der Waals surface area contributed by atoms with Crippen LogP contribution in [0.5, 0.6) is 5.75 Å². The summed E-state index contributed by atoms with van der Waals surface area (Å²) in [6.45, 7) is 0. The number of nitrogens with zero attached hydrogens (tertiary/aromatic N) is 4. The van der Waals surface area contributed by atoms with Crippen molar-refractivity contribution in [3.8, 4) is 23.1 Å². The molecule has 0 radical (unpaired) electrons. The van der Waals surface area contributed by atoms with Crippen molar-refractivity contribution >= 4 is 17.4 Å². The zero-order valence-corrected chi connectivity index (χ0v) is 14.0. The molecule has 0 saturated heterocycles. The molecule has 1 aromatic carbocycles. The fourth-order valence-corrected chi connectivity index (χ4v) is 2.81. The Kier molecular flexibility index (Phi) is 3.99. The summed E-state index contributed by atoms with van der Waals surface area (Å²) in [5.41, 5.74) is 2.45. The van der Waals surface area contributed by atoms with E-state index in [0.29, 0.717) is 17.2 Å². The molecular weight excluding hydrogens is 342 g/mol. The van der Waals surface area contributed by atoms with Gasteiger partial charge in [-0.25, -0.2) is 4.98 Å². The molecule has 0 unspecified atom stereocenters. The second-order valence-corrected chi connectivity index (χ2v) is 5.81. The number of carbonyl (C=O) groups excluding carboxylic acids is 1. The number of fused-ring (bicyclic) bond motifs is 1. The summed E-state index contributed by atoms with van der Waals surface area (Å²) in [7, 11) is 0. The molecule has 0 atom stereocenters.